The number of methoxy groups -OCH3 is 4. The van der Waals surface area contributed by atoms with Gasteiger partial charge >= 0.3 is 0 Å². The second-order valence-electron chi connectivity index (χ2n) is 8.47. The zero-order chi connectivity index (χ0) is 26.7. The normalized spacial score (nSPS) is 16.6. The Balaban J connectivity index is 1.85. The van der Waals surface area contributed by atoms with Crippen LogP contribution in [-0.2, 0) is 4.79 Å². The SMILES string of the molecule is COc1ccc(NC(=O)C2c3cc(OC)c(OC)cc3C(=O)N(C)C2c2ccc(SC)cc2)cc1OC. The second kappa shape index (κ2) is 11.0. The lowest BCUT2D eigenvalue weighted by Gasteiger charge is -2.40. The fraction of sp³-hybridized carbons (Fsp3) is 0.286. The molecule has 0 aromatic heterocycles. The van der Waals surface area contributed by atoms with Crippen LogP contribution < -0.4 is 24.3 Å². The number of amides is 2. The van der Waals surface area contributed by atoms with Crippen LogP contribution >= 0.6 is 11.8 Å². The standard InChI is InChI=1S/C28H30N2O6S/c1-30-26(16-7-10-18(37-6)11-8-16)25(19-14-23(35-4)24(36-5)15-20(19)28(30)32)27(31)29-17-9-12-21(33-2)22(13-17)34-3/h7-15,25-26H,1-6H3,(H,29,31). The fourth-order valence-corrected chi connectivity index (χ4v) is 5.09. The monoisotopic (exact) mass is 522 g/mol. The molecular weight excluding hydrogens is 492 g/mol. The summed E-state index contributed by atoms with van der Waals surface area (Å²) in [6.45, 7) is 0. The highest BCUT2D eigenvalue weighted by molar-refractivity contribution is 7.98. The number of nitrogens with one attached hydrogen (secondary N) is 1. The molecule has 2 amide bonds. The van der Waals surface area contributed by atoms with Gasteiger partial charge in [-0.05, 0) is 53.8 Å². The number of hydrogen-bond donors (Lipinski definition) is 1. The fourth-order valence-electron chi connectivity index (χ4n) is 4.68. The van der Waals surface area contributed by atoms with E-state index in [1.165, 1.54) is 21.3 Å². The molecule has 0 saturated heterocycles. The first-order chi connectivity index (χ1) is 17.9. The lowest BCUT2D eigenvalue weighted by atomic mass is 9.79. The van der Waals surface area contributed by atoms with Crippen molar-refractivity contribution in [1.29, 1.82) is 0 Å². The third-order valence-corrected chi connectivity index (χ3v) is 7.31. The highest BCUT2D eigenvalue weighted by Crippen LogP contribution is 2.46. The molecule has 2 unspecified atom stereocenters. The number of fused-ring (bicyclic) bond motifs is 1. The van der Waals surface area contributed by atoms with Crippen molar-refractivity contribution >= 4 is 29.3 Å². The first-order valence-electron chi connectivity index (χ1n) is 11.6. The third-order valence-electron chi connectivity index (χ3n) is 6.57. The molecule has 1 heterocycles. The van der Waals surface area contributed by atoms with E-state index in [1.54, 1.807) is 61.2 Å². The van der Waals surface area contributed by atoms with E-state index in [2.05, 4.69) is 5.32 Å². The maximum atomic E-state index is 14.0. The molecule has 0 saturated carbocycles. The van der Waals surface area contributed by atoms with Crippen molar-refractivity contribution in [3.63, 3.8) is 0 Å². The van der Waals surface area contributed by atoms with E-state index in [1.807, 2.05) is 30.5 Å². The maximum absolute atomic E-state index is 14.0. The Bertz CT molecular complexity index is 1310. The maximum Gasteiger partial charge on any atom is 0.254 e. The zero-order valence-corrected chi connectivity index (χ0v) is 22.5. The molecule has 1 aliphatic heterocycles. The molecule has 0 spiro atoms. The van der Waals surface area contributed by atoms with E-state index in [0.29, 0.717) is 39.8 Å². The van der Waals surface area contributed by atoms with Crippen molar-refractivity contribution in [3.8, 4) is 23.0 Å². The van der Waals surface area contributed by atoms with Gasteiger partial charge in [-0.25, -0.2) is 0 Å². The Labute approximate surface area is 220 Å². The van der Waals surface area contributed by atoms with Crippen LogP contribution in [0.2, 0.25) is 0 Å². The van der Waals surface area contributed by atoms with Gasteiger partial charge in [-0.15, -0.1) is 11.8 Å². The van der Waals surface area contributed by atoms with Crippen LogP contribution in [0.25, 0.3) is 0 Å². The molecule has 0 radical (unpaired) electrons. The Morgan fingerprint density at radius 1 is 0.838 bits per heavy atom. The minimum atomic E-state index is -0.731. The van der Waals surface area contributed by atoms with Gasteiger partial charge in [0.2, 0.25) is 5.91 Å². The van der Waals surface area contributed by atoms with Crippen LogP contribution in [0.4, 0.5) is 5.69 Å². The molecule has 3 aromatic carbocycles. The quantitative estimate of drug-likeness (QED) is 0.417. The summed E-state index contributed by atoms with van der Waals surface area (Å²) in [4.78, 5) is 30.2. The Hall–Kier alpha value is -3.85. The summed E-state index contributed by atoms with van der Waals surface area (Å²) in [5, 5.41) is 3.01. The Morgan fingerprint density at radius 3 is 2.03 bits per heavy atom. The number of rotatable bonds is 8. The van der Waals surface area contributed by atoms with Gasteiger partial charge in [0.05, 0.1) is 40.4 Å². The van der Waals surface area contributed by atoms with Crippen LogP contribution in [0.1, 0.15) is 33.4 Å². The van der Waals surface area contributed by atoms with Crippen LogP contribution in [0.3, 0.4) is 0 Å². The molecule has 0 fully saturated rings. The molecule has 0 bridgehead atoms. The predicted octanol–water partition coefficient (Wildman–Crippen LogP) is 4.99. The topological polar surface area (TPSA) is 86.3 Å². The molecule has 1 N–H and O–H groups in total. The largest absolute Gasteiger partial charge is 0.493 e. The van der Waals surface area contributed by atoms with Gasteiger partial charge in [-0.2, -0.15) is 0 Å². The number of likely N-dealkylation sites (N-methyl/N-ethyl adjacent to an activating group) is 1. The van der Waals surface area contributed by atoms with E-state index in [-0.39, 0.29) is 11.8 Å². The number of ether oxygens (including phenoxy) is 4. The number of thioether (sulfide) groups is 1. The Kier molecular flexibility index (Phi) is 7.83. The van der Waals surface area contributed by atoms with Gasteiger partial charge in [0.1, 0.15) is 0 Å². The summed E-state index contributed by atoms with van der Waals surface area (Å²) in [6, 6.07) is 15.9. The lowest BCUT2D eigenvalue weighted by molar-refractivity contribution is -0.119. The van der Waals surface area contributed by atoms with Crippen LogP contribution in [0, 0.1) is 0 Å². The van der Waals surface area contributed by atoms with Gasteiger partial charge in [0, 0.05) is 29.3 Å². The average Bonchev–Trinajstić information content (AvgIpc) is 2.93. The van der Waals surface area contributed by atoms with Gasteiger partial charge in [0.25, 0.3) is 5.91 Å². The summed E-state index contributed by atoms with van der Waals surface area (Å²) >= 11 is 1.63. The molecular formula is C28H30N2O6S. The van der Waals surface area contributed by atoms with E-state index in [4.69, 9.17) is 18.9 Å². The molecule has 4 rings (SSSR count). The van der Waals surface area contributed by atoms with Gasteiger partial charge in [-0.1, -0.05) is 12.1 Å². The van der Waals surface area contributed by atoms with E-state index < -0.39 is 12.0 Å². The van der Waals surface area contributed by atoms with Crippen LogP contribution in [0.15, 0.2) is 59.5 Å². The van der Waals surface area contributed by atoms with E-state index >= 15 is 0 Å². The highest BCUT2D eigenvalue weighted by Gasteiger charge is 2.43. The first-order valence-corrected chi connectivity index (χ1v) is 12.8. The predicted molar refractivity (Wildman–Crippen MR) is 144 cm³/mol. The van der Waals surface area contributed by atoms with Gasteiger partial charge < -0.3 is 29.2 Å². The highest BCUT2D eigenvalue weighted by atomic mass is 32.2. The van der Waals surface area contributed by atoms with Crippen molar-refractivity contribution in [2.45, 2.75) is 16.9 Å². The number of benzene rings is 3. The number of carbonyl (C=O) groups is 2. The van der Waals surface area contributed by atoms with Crippen molar-refractivity contribution in [2.24, 2.45) is 0 Å². The first kappa shape index (κ1) is 26.2. The number of carbonyl (C=O) groups excluding carboxylic acids is 2. The van der Waals surface area contributed by atoms with E-state index in [9.17, 15) is 9.59 Å². The minimum absolute atomic E-state index is 0.204. The number of nitrogens with zero attached hydrogens (tertiary/aromatic N) is 1. The molecule has 2 atom stereocenters. The van der Waals surface area contributed by atoms with Gasteiger partial charge in [0.15, 0.2) is 23.0 Å². The van der Waals surface area contributed by atoms with Crippen molar-refractivity contribution < 1.29 is 28.5 Å². The molecule has 3 aromatic rings. The number of anilines is 1. The van der Waals surface area contributed by atoms with Crippen molar-refractivity contribution in [3.05, 3.63) is 71.3 Å². The minimum Gasteiger partial charge on any atom is -0.493 e. The molecule has 8 nitrogen and oxygen atoms in total. The zero-order valence-electron chi connectivity index (χ0n) is 21.7. The summed E-state index contributed by atoms with van der Waals surface area (Å²) in [6.07, 6.45) is 2.00. The summed E-state index contributed by atoms with van der Waals surface area (Å²) in [7, 11) is 7.84. The lowest BCUT2D eigenvalue weighted by Crippen LogP contribution is -2.44. The summed E-state index contributed by atoms with van der Waals surface area (Å²) in [5.74, 6) is 0.697. The Morgan fingerprint density at radius 2 is 1.43 bits per heavy atom. The molecule has 0 aliphatic carbocycles. The average molecular weight is 523 g/mol. The molecule has 1 aliphatic rings. The third kappa shape index (κ3) is 4.91. The van der Waals surface area contributed by atoms with Crippen LogP contribution in [-0.4, -0.2) is 58.5 Å². The van der Waals surface area contributed by atoms with Crippen molar-refractivity contribution in [2.75, 3.05) is 47.1 Å². The molecule has 9 heteroatoms. The smallest absolute Gasteiger partial charge is 0.254 e. The molecule has 37 heavy (non-hydrogen) atoms. The van der Waals surface area contributed by atoms with E-state index in [0.717, 1.165) is 10.5 Å². The second-order valence-corrected chi connectivity index (χ2v) is 9.34. The van der Waals surface area contributed by atoms with Crippen molar-refractivity contribution in [1.82, 2.24) is 4.90 Å². The van der Waals surface area contributed by atoms with Crippen LogP contribution in [0.5, 0.6) is 23.0 Å². The molecule has 194 valence electrons. The van der Waals surface area contributed by atoms with Gasteiger partial charge in [-0.3, -0.25) is 9.59 Å². The summed E-state index contributed by atoms with van der Waals surface area (Å²) in [5.41, 5.74) is 2.35. The number of hydrogen-bond acceptors (Lipinski definition) is 7. The summed E-state index contributed by atoms with van der Waals surface area (Å²) < 4.78 is 21.7.